The molecule has 0 spiro atoms. The molecule has 0 atom stereocenters. The van der Waals surface area contributed by atoms with Crippen molar-refractivity contribution in [3.63, 3.8) is 0 Å². The maximum absolute atomic E-state index is 11.7. The summed E-state index contributed by atoms with van der Waals surface area (Å²) in [7, 11) is 0. The van der Waals surface area contributed by atoms with E-state index in [4.69, 9.17) is 9.47 Å². The van der Waals surface area contributed by atoms with Gasteiger partial charge in [0.2, 0.25) is 0 Å². The van der Waals surface area contributed by atoms with Gasteiger partial charge in [0.15, 0.2) is 5.78 Å². The Morgan fingerprint density at radius 1 is 1.40 bits per heavy atom. The Bertz CT molecular complexity index is 479. The van der Waals surface area contributed by atoms with Crippen LogP contribution in [0.15, 0.2) is 18.2 Å². The van der Waals surface area contributed by atoms with Gasteiger partial charge in [-0.1, -0.05) is 27.6 Å². The molecule has 1 fully saturated rings. The molecule has 0 unspecified atom stereocenters. The Morgan fingerprint density at radius 3 is 2.70 bits per heavy atom. The van der Waals surface area contributed by atoms with E-state index in [1.165, 1.54) is 0 Å². The van der Waals surface area contributed by atoms with E-state index in [9.17, 15) is 4.79 Å². The molecular weight excluding hydrogens is 320 g/mol. The molecule has 2 rings (SSSR count). The lowest BCUT2D eigenvalue weighted by Gasteiger charge is -2.35. The first-order valence-corrected chi connectivity index (χ1v) is 8.07. The molecule has 4 heteroatoms. The minimum Gasteiger partial charge on any atom is -0.492 e. The first-order chi connectivity index (χ1) is 9.56. The lowest BCUT2D eigenvalue weighted by Crippen LogP contribution is -2.36. The first-order valence-electron chi connectivity index (χ1n) is 6.94. The first kappa shape index (κ1) is 15.5. The summed E-state index contributed by atoms with van der Waals surface area (Å²) in [5, 5.41) is 0.893. The van der Waals surface area contributed by atoms with Crippen molar-refractivity contribution in [1.82, 2.24) is 0 Å². The molecule has 1 saturated heterocycles. The molecule has 1 heterocycles. The van der Waals surface area contributed by atoms with Crippen LogP contribution >= 0.6 is 15.9 Å². The molecule has 0 N–H and O–H groups in total. The van der Waals surface area contributed by atoms with Crippen molar-refractivity contribution >= 4 is 21.7 Å². The van der Waals surface area contributed by atoms with Crippen LogP contribution in [0, 0.1) is 12.3 Å². The number of alkyl halides is 1. The molecule has 0 aliphatic carbocycles. The van der Waals surface area contributed by atoms with Gasteiger partial charge in [-0.3, -0.25) is 4.79 Å². The molecule has 0 radical (unpaired) electrons. The maximum Gasteiger partial charge on any atom is 0.163 e. The average molecular weight is 341 g/mol. The smallest absolute Gasteiger partial charge is 0.163 e. The van der Waals surface area contributed by atoms with Crippen molar-refractivity contribution in [1.29, 1.82) is 0 Å². The highest BCUT2D eigenvalue weighted by molar-refractivity contribution is 9.09. The fraction of sp³-hybridized carbons (Fsp3) is 0.562. The van der Waals surface area contributed by atoms with Crippen LogP contribution < -0.4 is 4.74 Å². The Morgan fingerprint density at radius 2 is 2.10 bits per heavy atom. The summed E-state index contributed by atoms with van der Waals surface area (Å²) in [6, 6.07) is 5.77. The van der Waals surface area contributed by atoms with Crippen molar-refractivity contribution in [2.45, 2.75) is 26.7 Å². The Balaban J connectivity index is 2.11. The number of halogens is 1. The lowest BCUT2D eigenvalue weighted by molar-refractivity contribution is 0.00340. The zero-order valence-corrected chi connectivity index (χ0v) is 13.7. The molecule has 0 amide bonds. The number of hydrogen-bond acceptors (Lipinski definition) is 3. The zero-order chi connectivity index (χ0) is 14.6. The van der Waals surface area contributed by atoms with Crippen molar-refractivity contribution in [2.75, 3.05) is 25.2 Å². The molecule has 0 aromatic heterocycles. The van der Waals surface area contributed by atoms with Crippen LogP contribution in [0.3, 0.4) is 0 Å². The van der Waals surface area contributed by atoms with Gasteiger partial charge in [0.05, 0.1) is 12.2 Å². The summed E-state index contributed by atoms with van der Waals surface area (Å²) in [6.45, 7) is 5.74. The van der Waals surface area contributed by atoms with Gasteiger partial charge in [0.25, 0.3) is 0 Å². The van der Waals surface area contributed by atoms with Crippen LogP contribution in [-0.2, 0) is 4.74 Å². The van der Waals surface area contributed by atoms with E-state index < -0.39 is 0 Å². The van der Waals surface area contributed by atoms with Crippen molar-refractivity contribution in [3.8, 4) is 5.75 Å². The molecule has 20 heavy (non-hydrogen) atoms. The van der Waals surface area contributed by atoms with Crippen LogP contribution in [-0.4, -0.2) is 30.9 Å². The van der Waals surface area contributed by atoms with E-state index in [1.54, 1.807) is 6.92 Å². The average Bonchev–Trinajstić information content (AvgIpc) is 2.47. The van der Waals surface area contributed by atoms with Crippen LogP contribution in [0.25, 0.3) is 0 Å². The molecule has 3 nitrogen and oxygen atoms in total. The molecule has 1 aromatic rings. The number of carbonyl (C=O) groups excluding carboxylic acids is 1. The lowest BCUT2D eigenvalue weighted by atomic mass is 9.83. The standard InChI is InChI=1S/C16H21BrO3/c1-12-3-4-15(14(9-12)13(2)18)20-11-16(10-17)5-7-19-8-6-16/h3-4,9H,5-8,10-11H2,1-2H3. The fourth-order valence-corrected chi connectivity index (χ4v) is 3.12. The number of rotatable bonds is 5. The normalized spacial score (nSPS) is 17.8. The van der Waals surface area contributed by atoms with Crippen LogP contribution in [0.4, 0.5) is 0 Å². The highest BCUT2D eigenvalue weighted by Gasteiger charge is 2.32. The SMILES string of the molecule is CC(=O)c1cc(C)ccc1OCC1(CBr)CCOCC1. The summed E-state index contributed by atoms with van der Waals surface area (Å²) in [5.74, 6) is 0.735. The number of ether oxygens (including phenoxy) is 2. The molecule has 0 bridgehead atoms. The number of ketones is 1. The van der Waals surface area contributed by atoms with Crippen molar-refractivity contribution in [2.24, 2.45) is 5.41 Å². The third-order valence-electron chi connectivity index (χ3n) is 3.89. The number of Topliss-reactive ketones (excluding diaryl/α,β-unsaturated/α-hetero) is 1. The third-order valence-corrected chi connectivity index (χ3v) is 5.07. The van der Waals surface area contributed by atoms with Gasteiger partial charge in [-0.25, -0.2) is 0 Å². The van der Waals surface area contributed by atoms with E-state index in [1.807, 2.05) is 25.1 Å². The Hall–Kier alpha value is -0.870. The quantitative estimate of drug-likeness (QED) is 0.604. The van der Waals surface area contributed by atoms with E-state index in [-0.39, 0.29) is 11.2 Å². The van der Waals surface area contributed by atoms with Crippen LogP contribution in [0.1, 0.15) is 35.7 Å². The number of benzene rings is 1. The summed E-state index contributed by atoms with van der Waals surface area (Å²) in [4.78, 5) is 11.7. The van der Waals surface area contributed by atoms with Gasteiger partial charge in [0.1, 0.15) is 5.75 Å². The van der Waals surface area contributed by atoms with Gasteiger partial charge in [-0.15, -0.1) is 0 Å². The molecule has 0 saturated carbocycles. The van der Waals surface area contributed by atoms with Crippen LogP contribution in [0.5, 0.6) is 5.75 Å². The van der Waals surface area contributed by atoms with Crippen molar-refractivity contribution < 1.29 is 14.3 Å². The van der Waals surface area contributed by atoms with Gasteiger partial charge in [-0.05, 0) is 38.8 Å². The van der Waals surface area contributed by atoms with E-state index in [2.05, 4.69) is 15.9 Å². The van der Waals surface area contributed by atoms with Gasteiger partial charge < -0.3 is 9.47 Å². The number of hydrogen-bond donors (Lipinski definition) is 0. The number of carbonyl (C=O) groups is 1. The molecule has 1 aliphatic rings. The van der Waals surface area contributed by atoms with E-state index in [0.29, 0.717) is 17.9 Å². The molecule has 1 aromatic carbocycles. The van der Waals surface area contributed by atoms with Crippen molar-refractivity contribution in [3.05, 3.63) is 29.3 Å². The minimum atomic E-state index is 0.0450. The van der Waals surface area contributed by atoms with Gasteiger partial charge >= 0.3 is 0 Å². The summed E-state index contributed by atoms with van der Waals surface area (Å²) >= 11 is 3.60. The number of aryl methyl sites for hydroxylation is 1. The molecule has 1 aliphatic heterocycles. The zero-order valence-electron chi connectivity index (χ0n) is 12.1. The maximum atomic E-state index is 11.7. The third kappa shape index (κ3) is 3.61. The largest absolute Gasteiger partial charge is 0.492 e. The summed E-state index contributed by atoms with van der Waals surface area (Å²) in [6.07, 6.45) is 1.97. The van der Waals surface area contributed by atoms with Gasteiger partial charge in [-0.2, -0.15) is 0 Å². The Labute approximate surface area is 128 Å². The summed E-state index contributed by atoms with van der Waals surface area (Å²) in [5.41, 5.74) is 1.85. The highest BCUT2D eigenvalue weighted by Crippen LogP contribution is 2.34. The minimum absolute atomic E-state index is 0.0450. The fourth-order valence-electron chi connectivity index (χ4n) is 2.40. The summed E-state index contributed by atoms with van der Waals surface area (Å²) < 4.78 is 11.4. The second-order valence-corrected chi connectivity index (χ2v) is 6.15. The molecular formula is C16H21BrO3. The monoisotopic (exact) mass is 340 g/mol. The highest BCUT2D eigenvalue weighted by atomic mass is 79.9. The van der Waals surface area contributed by atoms with Crippen LogP contribution in [0.2, 0.25) is 0 Å². The van der Waals surface area contributed by atoms with E-state index >= 15 is 0 Å². The molecule has 110 valence electrons. The second kappa shape index (κ2) is 6.72. The second-order valence-electron chi connectivity index (χ2n) is 5.59. The van der Waals surface area contributed by atoms with Gasteiger partial charge in [0, 0.05) is 24.0 Å². The Kier molecular flexibility index (Phi) is 5.22. The predicted molar refractivity (Wildman–Crippen MR) is 83.0 cm³/mol. The topological polar surface area (TPSA) is 35.5 Å². The van der Waals surface area contributed by atoms with E-state index in [0.717, 1.165) is 36.9 Å². The predicted octanol–water partition coefficient (Wildman–Crippen LogP) is 3.77.